The molecular formula is C19H23N3O2. The minimum Gasteiger partial charge on any atom is -0.399 e. The second-order valence-corrected chi connectivity index (χ2v) is 5.78. The summed E-state index contributed by atoms with van der Waals surface area (Å²) in [5, 5.41) is 2.85. The van der Waals surface area contributed by atoms with Crippen LogP contribution in [0.25, 0.3) is 0 Å². The van der Waals surface area contributed by atoms with Gasteiger partial charge in [0, 0.05) is 17.8 Å². The number of primary amides is 1. The van der Waals surface area contributed by atoms with Crippen LogP contribution < -0.4 is 16.8 Å². The normalized spacial score (nSPS) is 11.7. The fraction of sp³-hybridized carbons (Fsp3) is 0.263. The third-order valence-corrected chi connectivity index (χ3v) is 3.89. The maximum atomic E-state index is 11.9. The van der Waals surface area contributed by atoms with Gasteiger partial charge < -0.3 is 16.8 Å². The van der Waals surface area contributed by atoms with E-state index in [-0.39, 0.29) is 17.7 Å². The number of nitrogens with one attached hydrogen (secondary N) is 1. The second-order valence-electron chi connectivity index (χ2n) is 5.78. The van der Waals surface area contributed by atoms with Crippen LogP contribution in [0.4, 0.5) is 11.4 Å². The van der Waals surface area contributed by atoms with E-state index < -0.39 is 0 Å². The summed E-state index contributed by atoms with van der Waals surface area (Å²) < 4.78 is 0. The summed E-state index contributed by atoms with van der Waals surface area (Å²) in [7, 11) is 0. The number of nitrogen functional groups attached to an aromatic ring is 1. The molecule has 0 heterocycles. The Morgan fingerprint density at radius 2 is 1.62 bits per heavy atom. The van der Waals surface area contributed by atoms with Crippen LogP contribution in [0.2, 0.25) is 0 Å². The van der Waals surface area contributed by atoms with Crippen molar-refractivity contribution < 1.29 is 9.59 Å². The lowest BCUT2D eigenvalue weighted by Crippen LogP contribution is -2.21. The maximum Gasteiger partial charge on any atom is 0.224 e. The van der Waals surface area contributed by atoms with Crippen LogP contribution in [-0.2, 0) is 9.59 Å². The molecule has 1 unspecified atom stereocenters. The van der Waals surface area contributed by atoms with Gasteiger partial charge in [0.05, 0.1) is 5.92 Å². The summed E-state index contributed by atoms with van der Waals surface area (Å²) in [5.74, 6) is -0.722. The molecule has 0 spiro atoms. The topological polar surface area (TPSA) is 98.2 Å². The smallest absolute Gasteiger partial charge is 0.224 e. The highest BCUT2D eigenvalue weighted by molar-refractivity contribution is 5.90. The predicted molar refractivity (Wildman–Crippen MR) is 96.3 cm³/mol. The van der Waals surface area contributed by atoms with E-state index in [1.54, 1.807) is 12.1 Å². The van der Waals surface area contributed by atoms with E-state index in [0.29, 0.717) is 24.9 Å². The quantitative estimate of drug-likeness (QED) is 0.514. The number of hydrogen-bond donors (Lipinski definition) is 3. The van der Waals surface area contributed by atoms with Crippen molar-refractivity contribution in [2.24, 2.45) is 5.73 Å². The number of carbonyl (C=O) groups is 2. The summed E-state index contributed by atoms with van der Waals surface area (Å²) in [6.07, 6.45) is 2.50. The Bertz CT molecular complexity index is 669. The number of rotatable bonds is 8. The molecule has 24 heavy (non-hydrogen) atoms. The van der Waals surface area contributed by atoms with E-state index in [0.717, 1.165) is 17.7 Å². The molecule has 0 aromatic heterocycles. The molecule has 0 bridgehead atoms. The van der Waals surface area contributed by atoms with E-state index in [2.05, 4.69) is 5.32 Å². The van der Waals surface area contributed by atoms with E-state index in [9.17, 15) is 9.59 Å². The van der Waals surface area contributed by atoms with Crippen LogP contribution in [0.15, 0.2) is 54.6 Å². The molecule has 126 valence electrons. The molecule has 2 aromatic rings. The van der Waals surface area contributed by atoms with E-state index in [1.807, 2.05) is 42.5 Å². The zero-order valence-electron chi connectivity index (χ0n) is 13.6. The minimum absolute atomic E-state index is 0.0238. The van der Waals surface area contributed by atoms with Gasteiger partial charge in [-0.15, -0.1) is 0 Å². The molecule has 0 fully saturated rings. The fourth-order valence-corrected chi connectivity index (χ4v) is 2.58. The Balaban J connectivity index is 1.78. The van der Waals surface area contributed by atoms with Crippen LogP contribution in [-0.4, -0.2) is 11.8 Å². The number of anilines is 2. The van der Waals surface area contributed by atoms with Gasteiger partial charge in [0.2, 0.25) is 11.8 Å². The molecule has 0 aliphatic rings. The lowest BCUT2D eigenvalue weighted by Gasteiger charge is -2.14. The highest BCUT2D eigenvalue weighted by Gasteiger charge is 2.17. The van der Waals surface area contributed by atoms with Crippen LogP contribution >= 0.6 is 0 Å². The molecule has 0 aliphatic carbocycles. The molecule has 2 amide bonds. The standard InChI is InChI=1S/C19H23N3O2/c20-15-12-10-14(11-13-15)17(19(21)24)8-4-5-9-18(23)22-16-6-2-1-3-7-16/h1-3,6-7,10-13,17H,4-5,8-9,20H2,(H2,21,24)(H,22,23). The first kappa shape index (κ1) is 17.5. The van der Waals surface area contributed by atoms with Crippen LogP contribution in [0.3, 0.4) is 0 Å². The van der Waals surface area contributed by atoms with Gasteiger partial charge in [-0.3, -0.25) is 9.59 Å². The highest BCUT2D eigenvalue weighted by atomic mass is 16.2. The van der Waals surface area contributed by atoms with Gasteiger partial charge in [0.1, 0.15) is 0 Å². The van der Waals surface area contributed by atoms with Crippen molar-refractivity contribution in [2.45, 2.75) is 31.6 Å². The molecule has 0 aliphatic heterocycles. The molecule has 0 saturated carbocycles. The first-order chi connectivity index (χ1) is 11.6. The third kappa shape index (κ3) is 5.43. The molecule has 1 atom stereocenters. The molecule has 5 nitrogen and oxygen atoms in total. The molecule has 2 rings (SSSR count). The number of amides is 2. The van der Waals surface area contributed by atoms with Crippen molar-refractivity contribution in [1.82, 2.24) is 0 Å². The van der Waals surface area contributed by atoms with Gasteiger partial charge in [0.25, 0.3) is 0 Å². The van der Waals surface area contributed by atoms with Crippen molar-refractivity contribution in [2.75, 3.05) is 11.1 Å². The van der Waals surface area contributed by atoms with Crippen LogP contribution in [0, 0.1) is 0 Å². The lowest BCUT2D eigenvalue weighted by atomic mass is 9.92. The summed E-state index contributed by atoms with van der Waals surface area (Å²) in [6, 6.07) is 16.5. The van der Waals surface area contributed by atoms with Crippen molar-refractivity contribution in [1.29, 1.82) is 0 Å². The average Bonchev–Trinajstić information content (AvgIpc) is 2.56. The van der Waals surface area contributed by atoms with Crippen molar-refractivity contribution in [3.63, 3.8) is 0 Å². The van der Waals surface area contributed by atoms with Gasteiger partial charge in [-0.05, 0) is 42.7 Å². The molecule has 5 N–H and O–H groups in total. The van der Waals surface area contributed by atoms with Crippen LogP contribution in [0.1, 0.15) is 37.2 Å². The monoisotopic (exact) mass is 325 g/mol. The molecule has 0 radical (unpaired) electrons. The zero-order chi connectivity index (χ0) is 17.4. The number of nitrogens with two attached hydrogens (primary N) is 2. The fourth-order valence-electron chi connectivity index (χ4n) is 2.58. The van der Waals surface area contributed by atoms with E-state index >= 15 is 0 Å². The summed E-state index contributed by atoms with van der Waals surface area (Å²) >= 11 is 0. The molecule has 0 saturated heterocycles. The summed E-state index contributed by atoms with van der Waals surface area (Å²) in [5.41, 5.74) is 13.5. The van der Waals surface area contributed by atoms with Crippen molar-refractivity contribution in [3.05, 3.63) is 60.2 Å². The van der Waals surface area contributed by atoms with Gasteiger partial charge >= 0.3 is 0 Å². The van der Waals surface area contributed by atoms with Crippen molar-refractivity contribution in [3.8, 4) is 0 Å². The Kier molecular flexibility index (Phi) is 6.37. The summed E-state index contributed by atoms with van der Waals surface area (Å²) in [4.78, 5) is 23.5. The largest absolute Gasteiger partial charge is 0.399 e. The number of para-hydroxylation sites is 1. The number of benzene rings is 2. The Hall–Kier alpha value is -2.82. The number of hydrogen-bond acceptors (Lipinski definition) is 3. The number of carbonyl (C=O) groups excluding carboxylic acids is 2. The van der Waals surface area contributed by atoms with E-state index in [1.165, 1.54) is 0 Å². The zero-order valence-corrected chi connectivity index (χ0v) is 13.6. The first-order valence-corrected chi connectivity index (χ1v) is 8.06. The first-order valence-electron chi connectivity index (χ1n) is 8.06. The van der Waals surface area contributed by atoms with Gasteiger partial charge in [-0.25, -0.2) is 0 Å². The Morgan fingerprint density at radius 3 is 2.25 bits per heavy atom. The van der Waals surface area contributed by atoms with Crippen molar-refractivity contribution >= 4 is 23.2 Å². The van der Waals surface area contributed by atoms with E-state index in [4.69, 9.17) is 11.5 Å². The third-order valence-electron chi connectivity index (χ3n) is 3.89. The van der Waals surface area contributed by atoms with Gasteiger partial charge in [-0.2, -0.15) is 0 Å². The minimum atomic E-state index is -0.353. The lowest BCUT2D eigenvalue weighted by molar-refractivity contribution is -0.119. The average molecular weight is 325 g/mol. The second kappa shape index (κ2) is 8.72. The predicted octanol–water partition coefficient (Wildman–Crippen LogP) is 3.04. The van der Waals surface area contributed by atoms with Gasteiger partial charge in [-0.1, -0.05) is 36.8 Å². The molecule has 5 heteroatoms. The molecular weight excluding hydrogens is 302 g/mol. The Morgan fingerprint density at radius 1 is 0.958 bits per heavy atom. The van der Waals surface area contributed by atoms with Crippen LogP contribution in [0.5, 0.6) is 0 Å². The van der Waals surface area contributed by atoms with Gasteiger partial charge in [0.15, 0.2) is 0 Å². The SMILES string of the molecule is NC(=O)C(CCCCC(=O)Nc1ccccc1)c1ccc(N)cc1. The molecule has 2 aromatic carbocycles. The Labute approximate surface area is 142 Å². The highest BCUT2D eigenvalue weighted by Crippen LogP contribution is 2.23. The summed E-state index contributed by atoms with van der Waals surface area (Å²) in [6.45, 7) is 0. The maximum absolute atomic E-state index is 11.9. The number of unbranched alkanes of at least 4 members (excludes halogenated alkanes) is 1.